The summed E-state index contributed by atoms with van der Waals surface area (Å²) in [5, 5.41) is 6.52. The maximum absolute atomic E-state index is 12.3. The fourth-order valence-electron chi connectivity index (χ4n) is 2.64. The highest BCUT2D eigenvalue weighted by molar-refractivity contribution is 5.80. The van der Waals surface area contributed by atoms with Crippen molar-refractivity contribution in [2.75, 3.05) is 20.1 Å². The molecule has 0 radical (unpaired) electrons. The highest BCUT2D eigenvalue weighted by Crippen LogP contribution is 2.22. The first kappa shape index (κ1) is 17.3. The summed E-state index contributed by atoms with van der Waals surface area (Å²) >= 11 is 0. The topological polar surface area (TPSA) is 56.7 Å². The second-order valence-electron chi connectivity index (χ2n) is 6.40. The fraction of sp³-hybridized carbons (Fsp3) is 0.556. The molecular formula is C18H28N4O. The number of hydrogen-bond donors (Lipinski definition) is 2. The van der Waals surface area contributed by atoms with Crippen LogP contribution >= 0.6 is 0 Å². The number of carbonyl (C=O) groups excluding carboxylic acids is 1. The van der Waals surface area contributed by atoms with Gasteiger partial charge in [-0.1, -0.05) is 38.1 Å². The number of carbonyl (C=O) groups is 1. The van der Waals surface area contributed by atoms with Gasteiger partial charge in [-0.25, -0.2) is 0 Å². The lowest BCUT2D eigenvalue weighted by Crippen LogP contribution is -2.39. The predicted molar refractivity (Wildman–Crippen MR) is 94.1 cm³/mol. The Kier molecular flexibility index (Phi) is 6.44. The van der Waals surface area contributed by atoms with Crippen LogP contribution in [0.4, 0.5) is 0 Å². The lowest BCUT2D eigenvalue weighted by molar-refractivity contribution is -0.131. The molecule has 0 aromatic heterocycles. The number of nitrogens with zero attached hydrogens (tertiary/aromatic N) is 2. The fourth-order valence-corrected chi connectivity index (χ4v) is 2.64. The Balaban J connectivity index is 1.66. The summed E-state index contributed by atoms with van der Waals surface area (Å²) < 4.78 is 0. The van der Waals surface area contributed by atoms with Gasteiger partial charge in [0, 0.05) is 39.6 Å². The van der Waals surface area contributed by atoms with Crippen molar-refractivity contribution in [2.45, 2.75) is 39.8 Å². The molecule has 0 saturated carbocycles. The Hall–Kier alpha value is -2.04. The van der Waals surface area contributed by atoms with Crippen molar-refractivity contribution in [1.29, 1.82) is 0 Å². The van der Waals surface area contributed by atoms with Gasteiger partial charge in [-0.2, -0.15) is 0 Å². The quantitative estimate of drug-likeness (QED) is 0.480. The summed E-state index contributed by atoms with van der Waals surface area (Å²) in [7, 11) is 1.77. The van der Waals surface area contributed by atoms with Crippen LogP contribution in [0.1, 0.15) is 37.8 Å². The minimum absolute atomic E-state index is 0.230. The Morgan fingerprint density at radius 2 is 1.87 bits per heavy atom. The number of rotatable bonds is 6. The van der Waals surface area contributed by atoms with Crippen LogP contribution in [0.15, 0.2) is 29.3 Å². The zero-order valence-electron chi connectivity index (χ0n) is 14.4. The molecule has 2 rings (SSSR count). The third-order valence-electron chi connectivity index (χ3n) is 3.95. The van der Waals surface area contributed by atoms with Gasteiger partial charge in [0.05, 0.1) is 0 Å². The van der Waals surface area contributed by atoms with E-state index >= 15 is 0 Å². The Morgan fingerprint density at radius 3 is 2.43 bits per heavy atom. The van der Waals surface area contributed by atoms with Gasteiger partial charge < -0.3 is 15.5 Å². The van der Waals surface area contributed by atoms with Crippen LogP contribution in [0.5, 0.6) is 0 Å². The summed E-state index contributed by atoms with van der Waals surface area (Å²) in [6.45, 7) is 7.47. The van der Waals surface area contributed by atoms with Crippen molar-refractivity contribution in [3.8, 4) is 0 Å². The van der Waals surface area contributed by atoms with Crippen molar-refractivity contribution in [2.24, 2.45) is 10.9 Å². The van der Waals surface area contributed by atoms with E-state index in [0.717, 1.165) is 38.6 Å². The van der Waals surface area contributed by atoms with E-state index in [1.54, 1.807) is 7.05 Å². The molecule has 126 valence electrons. The van der Waals surface area contributed by atoms with Crippen molar-refractivity contribution < 1.29 is 4.79 Å². The van der Waals surface area contributed by atoms with E-state index in [-0.39, 0.29) is 5.91 Å². The smallest absolute Gasteiger partial charge is 0.223 e. The first-order valence-electron chi connectivity index (χ1n) is 8.39. The number of hydrogen-bond acceptors (Lipinski definition) is 2. The molecule has 0 atom stereocenters. The molecule has 1 heterocycles. The Morgan fingerprint density at radius 1 is 1.22 bits per heavy atom. The SMILES string of the molecule is CN=C(NCCCC(=O)N1Cc2ccccc2C1)NCC(C)C. The molecule has 5 nitrogen and oxygen atoms in total. The second-order valence-corrected chi connectivity index (χ2v) is 6.40. The number of benzene rings is 1. The molecule has 5 heteroatoms. The molecule has 1 aliphatic heterocycles. The van der Waals surface area contributed by atoms with Gasteiger partial charge >= 0.3 is 0 Å². The molecule has 23 heavy (non-hydrogen) atoms. The van der Waals surface area contributed by atoms with Gasteiger partial charge in [0.2, 0.25) is 5.91 Å². The number of nitrogens with one attached hydrogen (secondary N) is 2. The second kappa shape index (κ2) is 8.56. The molecule has 1 aromatic carbocycles. The van der Waals surface area contributed by atoms with Gasteiger partial charge in [0.1, 0.15) is 0 Å². The molecule has 0 fully saturated rings. The monoisotopic (exact) mass is 316 g/mol. The average Bonchev–Trinajstić information content (AvgIpc) is 2.98. The van der Waals surface area contributed by atoms with E-state index in [0.29, 0.717) is 12.3 Å². The van der Waals surface area contributed by atoms with E-state index in [1.807, 2.05) is 17.0 Å². The average molecular weight is 316 g/mol. The van der Waals surface area contributed by atoms with Crippen molar-refractivity contribution in [3.63, 3.8) is 0 Å². The molecule has 1 aromatic rings. The molecule has 1 aliphatic rings. The molecule has 0 aliphatic carbocycles. The van der Waals surface area contributed by atoms with Gasteiger partial charge in [-0.3, -0.25) is 9.79 Å². The van der Waals surface area contributed by atoms with E-state index in [1.165, 1.54) is 11.1 Å². The van der Waals surface area contributed by atoms with E-state index in [9.17, 15) is 4.79 Å². The third-order valence-corrected chi connectivity index (χ3v) is 3.95. The van der Waals surface area contributed by atoms with Gasteiger partial charge in [-0.15, -0.1) is 0 Å². The van der Waals surface area contributed by atoms with E-state index in [4.69, 9.17) is 0 Å². The van der Waals surface area contributed by atoms with E-state index < -0.39 is 0 Å². The van der Waals surface area contributed by atoms with Gasteiger partial charge in [0.25, 0.3) is 0 Å². The summed E-state index contributed by atoms with van der Waals surface area (Å²) in [5.41, 5.74) is 2.55. The first-order valence-corrected chi connectivity index (χ1v) is 8.39. The molecule has 2 N–H and O–H groups in total. The highest BCUT2D eigenvalue weighted by atomic mass is 16.2. The van der Waals surface area contributed by atoms with Crippen LogP contribution in [-0.4, -0.2) is 36.9 Å². The van der Waals surface area contributed by atoms with Crippen molar-refractivity contribution in [1.82, 2.24) is 15.5 Å². The van der Waals surface area contributed by atoms with Crippen LogP contribution in [0.25, 0.3) is 0 Å². The number of guanidine groups is 1. The zero-order valence-corrected chi connectivity index (χ0v) is 14.4. The van der Waals surface area contributed by atoms with Crippen LogP contribution in [0.2, 0.25) is 0 Å². The normalized spacial score (nSPS) is 14.1. The Bertz CT molecular complexity index is 529. The molecule has 0 unspecified atom stereocenters. The number of aliphatic imine (C=N–C) groups is 1. The Labute approximate surface area is 139 Å². The molecule has 0 spiro atoms. The maximum atomic E-state index is 12.3. The first-order chi connectivity index (χ1) is 11.1. The summed E-state index contributed by atoms with van der Waals surface area (Å²) in [6.07, 6.45) is 1.39. The summed E-state index contributed by atoms with van der Waals surface area (Å²) in [5.74, 6) is 1.61. The molecule has 0 saturated heterocycles. The van der Waals surface area contributed by atoms with Gasteiger partial charge in [0.15, 0.2) is 5.96 Å². The van der Waals surface area contributed by atoms with E-state index in [2.05, 4.69) is 41.6 Å². The highest BCUT2D eigenvalue weighted by Gasteiger charge is 2.22. The molecular weight excluding hydrogens is 288 g/mol. The van der Waals surface area contributed by atoms with Crippen LogP contribution in [0, 0.1) is 5.92 Å². The lowest BCUT2D eigenvalue weighted by Gasteiger charge is -2.16. The van der Waals surface area contributed by atoms with Crippen LogP contribution in [-0.2, 0) is 17.9 Å². The largest absolute Gasteiger partial charge is 0.356 e. The maximum Gasteiger partial charge on any atom is 0.223 e. The summed E-state index contributed by atoms with van der Waals surface area (Å²) in [6, 6.07) is 8.28. The number of amides is 1. The van der Waals surface area contributed by atoms with Crippen LogP contribution < -0.4 is 10.6 Å². The standard InChI is InChI=1S/C18H28N4O/c1-14(2)11-21-18(19-3)20-10-6-9-17(23)22-12-15-7-4-5-8-16(15)13-22/h4-5,7-8,14H,6,9-13H2,1-3H3,(H2,19,20,21). The van der Waals surface area contributed by atoms with Gasteiger partial charge in [-0.05, 0) is 23.5 Å². The predicted octanol–water partition coefficient (Wildman–Crippen LogP) is 2.13. The molecule has 1 amide bonds. The molecule has 0 bridgehead atoms. The minimum atomic E-state index is 0.230. The summed E-state index contributed by atoms with van der Waals surface area (Å²) in [4.78, 5) is 18.4. The lowest BCUT2D eigenvalue weighted by atomic mass is 10.1. The van der Waals surface area contributed by atoms with Crippen molar-refractivity contribution in [3.05, 3.63) is 35.4 Å². The van der Waals surface area contributed by atoms with Crippen LogP contribution in [0.3, 0.4) is 0 Å². The zero-order chi connectivity index (χ0) is 16.7. The van der Waals surface area contributed by atoms with Crippen molar-refractivity contribution >= 4 is 11.9 Å². The third kappa shape index (κ3) is 5.27. The number of fused-ring (bicyclic) bond motifs is 1. The minimum Gasteiger partial charge on any atom is -0.356 e.